The molecule has 0 saturated heterocycles. The molecule has 5 nitrogen and oxygen atoms in total. The van der Waals surface area contributed by atoms with Crippen LogP contribution in [-0.2, 0) is 11.3 Å². The Kier molecular flexibility index (Phi) is 6.41. The molecule has 0 aliphatic heterocycles. The summed E-state index contributed by atoms with van der Waals surface area (Å²) in [5.74, 6) is 1.41. The molecular weight excluding hydrogens is 292 g/mol. The molecule has 0 aliphatic carbocycles. The van der Waals surface area contributed by atoms with Gasteiger partial charge < -0.3 is 14.8 Å². The van der Waals surface area contributed by atoms with Crippen LogP contribution in [0.25, 0.3) is 0 Å². The predicted molar refractivity (Wildman–Crippen MR) is 88.5 cm³/mol. The fraction of sp³-hybridized carbons (Fsp3) is 0.333. The van der Waals surface area contributed by atoms with Crippen molar-refractivity contribution in [1.29, 1.82) is 0 Å². The van der Waals surface area contributed by atoms with Crippen molar-refractivity contribution in [3.63, 3.8) is 0 Å². The van der Waals surface area contributed by atoms with Crippen molar-refractivity contribution in [2.75, 3.05) is 13.7 Å². The van der Waals surface area contributed by atoms with Crippen LogP contribution in [0.15, 0.2) is 42.6 Å². The fourth-order valence-electron chi connectivity index (χ4n) is 2.05. The molecule has 0 radical (unpaired) electrons. The number of hydrogen-bond acceptors (Lipinski definition) is 4. The van der Waals surface area contributed by atoms with Crippen molar-refractivity contribution < 1.29 is 14.3 Å². The minimum absolute atomic E-state index is 0.00802. The standard InChI is InChI=1S/C18H22N2O3/c1-14-5-3-6-16(11-14)23-10-4-7-17(21)19-12-15-8-9-18(22-2)20-13-15/h3,5-6,8-9,11,13H,4,7,10,12H2,1-2H3,(H,19,21). The number of benzene rings is 1. The van der Waals surface area contributed by atoms with Crippen LogP contribution in [0.3, 0.4) is 0 Å². The maximum absolute atomic E-state index is 11.8. The van der Waals surface area contributed by atoms with E-state index in [0.717, 1.165) is 16.9 Å². The zero-order valence-corrected chi connectivity index (χ0v) is 13.5. The summed E-state index contributed by atoms with van der Waals surface area (Å²) in [7, 11) is 1.57. The first kappa shape index (κ1) is 16.8. The van der Waals surface area contributed by atoms with Crippen molar-refractivity contribution in [2.24, 2.45) is 0 Å². The van der Waals surface area contributed by atoms with Gasteiger partial charge in [0, 0.05) is 25.2 Å². The minimum atomic E-state index is 0.00802. The average molecular weight is 314 g/mol. The second kappa shape index (κ2) is 8.78. The molecule has 0 bridgehead atoms. The van der Waals surface area contributed by atoms with Crippen molar-refractivity contribution in [1.82, 2.24) is 10.3 Å². The molecule has 2 aromatic rings. The molecule has 0 spiro atoms. The van der Waals surface area contributed by atoms with E-state index >= 15 is 0 Å². The van der Waals surface area contributed by atoms with Gasteiger partial charge >= 0.3 is 0 Å². The van der Waals surface area contributed by atoms with Gasteiger partial charge in [0.1, 0.15) is 5.75 Å². The quantitative estimate of drug-likeness (QED) is 0.761. The van der Waals surface area contributed by atoms with E-state index in [-0.39, 0.29) is 5.91 Å². The lowest BCUT2D eigenvalue weighted by Crippen LogP contribution is -2.23. The summed E-state index contributed by atoms with van der Waals surface area (Å²) >= 11 is 0. The first-order chi connectivity index (χ1) is 11.2. The molecule has 5 heteroatoms. The number of hydrogen-bond donors (Lipinski definition) is 1. The monoisotopic (exact) mass is 314 g/mol. The number of carbonyl (C=O) groups is 1. The van der Waals surface area contributed by atoms with Gasteiger partial charge in [-0.2, -0.15) is 0 Å². The first-order valence-electron chi connectivity index (χ1n) is 7.62. The molecule has 1 heterocycles. The number of rotatable bonds is 8. The Morgan fingerprint density at radius 3 is 2.83 bits per heavy atom. The molecular formula is C18H22N2O3. The van der Waals surface area contributed by atoms with Gasteiger partial charge in [0.15, 0.2) is 0 Å². The summed E-state index contributed by atoms with van der Waals surface area (Å²) in [5.41, 5.74) is 2.10. The fourth-order valence-corrected chi connectivity index (χ4v) is 2.05. The number of aryl methyl sites for hydroxylation is 1. The molecule has 1 amide bonds. The lowest BCUT2D eigenvalue weighted by Gasteiger charge is -2.08. The summed E-state index contributed by atoms with van der Waals surface area (Å²) in [6, 6.07) is 11.5. The SMILES string of the molecule is COc1ccc(CNC(=O)CCCOc2cccc(C)c2)cn1. The Morgan fingerprint density at radius 1 is 1.26 bits per heavy atom. The van der Waals surface area contributed by atoms with Gasteiger partial charge in [-0.15, -0.1) is 0 Å². The number of aromatic nitrogens is 1. The Morgan fingerprint density at radius 2 is 2.13 bits per heavy atom. The van der Waals surface area contributed by atoms with Gasteiger partial charge in [0.05, 0.1) is 13.7 Å². The smallest absolute Gasteiger partial charge is 0.220 e. The topological polar surface area (TPSA) is 60.5 Å². The van der Waals surface area contributed by atoms with Crippen LogP contribution in [0.1, 0.15) is 24.0 Å². The van der Waals surface area contributed by atoms with Gasteiger partial charge in [-0.05, 0) is 36.6 Å². The highest BCUT2D eigenvalue weighted by atomic mass is 16.5. The van der Waals surface area contributed by atoms with E-state index in [4.69, 9.17) is 9.47 Å². The molecule has 1 aromatic carbocycles. The molecule has 23 heavy (non-hydrogen) atoms. The van der Waals surface area contributed by atoms with Crippen molar-refractivity contribution in [3.05, 3.63) is 53.7 Å². The number of carbonyl (C=O) groups excluding carboxylic acids is 1. The van der Waals surface area contributed by atoms with E-state index in [1.807, 2.05) is 37.3 Å². The molecule has 122 valence electrons. The second-order valence-corrected chi connectivity index (χ2v) is 5.25. The highest BCUT2D eigenvalue weighted by molar-refractivity contribution is 5.75. The lowest BCUT2D eigenvalue weighted by molar-refractivity contribution is -0.121. The zero-order valence-electron chi connectivity index (χ0n) is 13.5. The number of nitrogens with one attached hydrogen (secondary N) is 1. The first-order valence-corrected chi connectivity index (χ1v) is 7.62. The maximum atomic E-state index is 11.8. The van der Waals surface area contributed by atoms with E-state index in [2.05, 4.69) is 10.3 Å². The molecule has 0 fully saturated rings. The molecule has 0 atom stereocenters. The van der Waals surface area contributed by atoms with Crippen molar-refractivity contribution in [3.8, 4) is 11.6 Å². The van der Waals surface area contributed by atoms with E-state index in [9.17, 15) is 4.79 Å². The third-order valence-electron chi connectivity index (χ3n) is 3.30. The van der Waals surface area contributed by atoms with Gasteiger partial charge in [-0.1, -0.05) is 18.2 Å². The van der Waals surface area contributed by atoms with Crippen molar-refractivity contribution >= 4 is 5.91 Å². The Hall–Kier alpha value is -2.56. The van der Waals surface area contributed by atoms with Gasteiger partial charge in [0.2, 0.25) is 11.8 Å². The summed E-state index contributed by atoms with van der Waals surface area (Å²) in [6.07, 6.45) is 2.82. The lowest BCUT2D eigenvalue weighted by atomic mass is 10.2. The van der Waals surface area contributed by atoms with E-state index in [0.29, 0.717) is 31.9 Å². The van der Waals surface area contributed by atoms with Crippen LogP contribution in [-0.4, -0.2) is 24.6 Å². The highest BCUT2D eigenvalue weighted by Gasteiger charge is 2.03. The van der Waals surface area contributed by atoms with E-state index in [1.165, 1.54) is 0 Å². The maximum Gasteiger partial charge on any atom is 0.220 e. The summed E-state index contributed by atoms with van der Waals surface area (Å²) in [4.78, 5) is 15.9. The molecule has 0 saturated carbocycles. The molecule has 0 aliphatic rings. The normalized spacial score (nSPS) is 10.2. The van der Waals surface area contributed by atoms with E-state index in [1.54, 1.807) is 19.4 Å². The summed E-state index contributed by atoms with van der Waals surface area (Å²) in [6.45, 7) is 3.02. The van der Waals surface area contributed by atoms with Crippen LogP contribution in [0.5, 0.6) is 11.6 Å². The molecule has 2 rings (SSSR count). The van der Waals surface area contributed by atoms with Crippen LogP contribution in [0.4, 0.5) is 0 Å². The average Bonchev–Trinajstić information content (AvgIpc) is 2.57. The Bertz CT molecular complexity index is 626. The number of methoxy groups -OCH3 is 1. The molecule has 1 N–H and O–H groups in total. The van der Waals surface area contributed by atoms with Gasteiger partial charge in [-0.25, -0.2) is 4.98 Å². The summed E-state index contributed by atoms with van der Waals surface area (Å²) in [5, 5.41) is 2.87. The van der Waals surface area contributed by atoms with E-state index < -0.39 is 0 Å². The zero-order chi connectivity index (χ0) is 16.5. The number of nitrogens with zero attached hydrogens (tertiary/aromatic N) is 1. The second-order valence-electron chi connectivity index (χ2n) is 5.25. The van der Waals surface area contributed by atoms with Crippen LogP contribution >= 0.6 is 0 Å². The van der Waals surface area contributed by atoms with Gasteiger partial charge in [0.25, 0.3) is 0 Å². The number of pyridine rings is 1. The largest absolute Gasteiger partial charge is 0.494 e. The third kappa shape index (κ3) is 5.98. The minimum Gasteiger partial charge on any atom is -0.494 e. The third-order valence-corrected chi connectivity index (χ3v) is 3.30. The molecule has 0 unspecified atom stereocenters. The number of ether oxygens (including phenoxy) is 2. The van der Waals surface area contributed by atoms with Crippen LogP contribution in [0.2, 0.25) is 0 Å². The predicted octanol–water partition coefficient (Wildman–Crippen LogP) is 2.87. The van der Waals surface area contributed by atoms with Crippen LogP contribution < -0.4 is 14.8 Å². The van der Waals surface area contributed by atoms with Crippen molar-refractivity contribution in [2.45, 2.75) is 26.3 Å². The van der Waals surface area contributed by atoms with Gasteiger partial charge in [-0.3, -0.25) is 4.79 Å². The molecule has 1 aromatic heterocycles. The Labute approximate surface area is 136 Å². The summed E-state index contributed by atoms with van der Waals surface area (Å²) < 4.78 is 10.6. The van der Waals surface area contributed by atoms with Crippen LogP contribution in [0, 0.1) is 6.92 Å². The number of amides is 1. The highest BCUT2D eigenvalue weighted by Crippen LogP contribution is 2.12. The Balaban J connectivity index is 1.63.